The molecule has 0 saturated heterocycles. The fourth-order valence-electron chi connectivity index (χ4n) is 1.94. The third-order valence-corrected chi connectivity index (χ3v) is 2.75. The lowest BCUT2D eigenvalue weighted by atomic mass is 10.0. The van der Waals surface area contributed by atoms with E-state index in [1.165, 1.54) is 0 Å². The maximum atomic E-state index is 11.6. The Kier molecular flexibility index (Phi) is 2.90. The number of Topliss-reactive ketones (excluding diaryl/α,β-unsaturated/α-hetero) is 1. The highest BCUT2D eigenvalue weighted by molar-refractivity contribution is 6.03. The molecule has 0 aromatic heterocycles. The number of rotatable bonds is 3. The van der Waals surface area contributed by atoms with Gasteiger partial charge in [0.15, 0.2) is 5.78 Å². The lowest BCUT2D eigenvalue weighted by molar-refractivity contribution is -0.136. The van der Waals surface area contributed by atoms with Crippen molar-refractivity contribution in [3.8, 4) is 0 Å². The molecule has 0 radical (unpaired) electrons. The molecule has 84 valence electrons. The molecule has 4 heteroatoms. The second kappa shape index (κ2) is 4.35. The van der Waals surface area contributed by atoms with Crippen molar-refractivity contribution in [2.24, 2.45) is 0 Å². The Balaban J connectivity index is 2.21. The summed E-state index contributed by atoms with van der Waals surface area (Å²) in [5, 5.41) is 8.65. The minimum atomic E-state index is -0.811. The Morgan fingerprint density at radius 2 is 2.12 bits per heavy atom. The Hall–Kier alpha value is -1.84. The molecule has 1 aliphatic heterocycles. The van der Waals surface area contributed by atoms with Crippen LogP contribution in [0.5, 0.6) is 0 Å². The third kappa shape index (κ3) is 2.05. The van der Waals surface area contributed by atoms with E-state index in [-0.39, 0.29) is 12.2 Å². The number of carboxylic acids is 1. The van der Waals surface area contributed by atoms with Crippen LogP contribution in [0.1, 0.15) is 23.2 Å². The van der Waals surface area contributed by atoms with E-state index in [0.717, 1.165) is 5.69 Å². The van der Waals surface area contributed by atoms with Gasteiger partial charge in [0.2, 0.25) is 0 Å². The molecule has 0 atom stereocenters. The highest BCUT2D eigenvalue weighted by Crippen LogP contribution is 2.26. The topological polar surface area (TPSA) is 57.6 Å². The van der Waals surface area contributed by atoms with Crippen molar-refractivity contribution in [2.45, 2.75) is 12.8 Å². The number of nitrogens with zero attached hydrogens (tertiary/aromatic N) is 1. The number of ketones is 1. The molecule has 1 N–H and O–H groups in total. The number of benzene rings is 1. The van der Waals surface area contributed by atoms with Crippen LogP contribution in [-0.4, -0.2) is 29.9 Å². The quantitative estimate of drug-likeness (QED) is 0.838. The van der Waals surface area contributed by atoms with Gasteiger partial charge in [0, 0.05) is 30.8 Å². The number of fused-ring (bicyclic) bond motifs is 1. The Morgan fingerprint density at radius 1 is 1.38 bits per heavy atom. The van der Waals surface area contributed by atoms with Crippen molar-refractivity contribution in [1.29, 1.82) is 0 Å². The second-order valence-corrected chi connectivity index (χ2v) is 3.82. The van der Waals surface area contributed by atoms with Crippen LogP contribution in [0.15, 0.2) is 24.3 Å². The van der Waals surface area contributed by atoms with Crippen molar-refractivity contribution in [2.75, 3.05) is 18.0 Å². The lowest BCUT2D eigenvalue weighted by Crippen LogP contribution is -2.33. The van der Waals surface area contributed by atoms with Crippen molar-refractivity contribution >= 4 is 17.4 Å². The average Bonchev–Trinajstić information content (AvgIpc) is 2.28. The highest BCUT2D eigenvalue weighted by Gasteiger charge is 2.22. The second-order valence-electron chi connectivity index (χ2n) is 3.82. The number of carbonyl (C=O) groups is 2. The van der Waals surface area contributed by atoms with Crippen LogP contribution < -0.4 is 4.90 Å². The van der Waals surface area contributed by atoms with E-state index in [0.29, 0.717) is 25.1 Å². The first-order chi connectivity index (χ1) is 7.68. The minimum Gasteiger partial charge on any atom is -0.481 e. The molecular weight excluding hydrogens is 206 g/mol. The van der Waals surface area contributed by atoms with Gasteiger partial charge in [-0.2, -0.15) is 0 Å². The van der Waals surface area contributed by atoms with E-state index in [1.807, 2.05) is 23.1 Å². The van der Waals surface area contributed by atoms with Crippen molar-refractivity contribution in [3.63, 3.8) is 0 Å². The first-order valence-electron chi connectivity index (χ1n) is 5.27. The summed E-state index contributed by atoms with van der Waals surface area (Å²) in [5.41, 5.74) is 1.57. The average molecular weight is 219 g/mol. The van der Waals surface area contributed by atoms with Crippen LogP contribution in [0.25, 0.3) is 0 Å². The standard InChI is InChI=1S/C12H13NO3/c14-11-5-7-13(8-6-12(15)16)10-4-2-1-3-9(10)11/h1-4H,5-8H2,(H,15,16). The number of para-hydroxylation sites is 1. The summed E-state index contributed by atoms with van der Waals surface area (Å²) in [7, 11) is 0. The summed E-state index contributed by atoms with van der Waals surface area (Å²) < 4.78 is 0. The van der Waals surface area contributed by atoms with Crippen LogP contribution in [0.4, 0.5) is 5.69 Å². The number of carbonyl (C=O) groups excluding carboxylic acids is 1. The lowest BCUT2D eigenvalue weighted by Gasteiger charge is -2.29. The molecule has 0 amide bonds. The van der Waals surface area contributed by atoms with Crippen LogP contribution >= 0.6 is 0 Å². The molecule has 0 saturated carbocycles. The molecule has 4 nitrogen and oxygen atoms in total. The number of aliphatic carboxylic acids is 1. The van der Waals surface area contributed by atoms with Gasteiger partial charge in [0.1, 0.15) is 0 Å². The maximum Gasteiger partial charge on any atom is 0.305 e. The fraction of sp³-hybridized carbons (Fsp3) is 0.333. The van der Waals surface area contributed by atoms with E-state index in [9.17, 15) is 9.59 Å². The molecule has 0 unspecified atom stereocenters. The zero-order chi connectivity index (χ0) is 11.5. The van der Waals surface area contributed by atoms with Gasteiger partial charge < -0.3 is 10.0 Å². The molecule has 1 aromatic rings. The third-order valence-electron chi connectivity index (χ3n) is 2.75. The molecule has 0 bridgehead atoms. The first-order valence-corrected chi connectivity index (χ1v) is 5.27. The van der Waals surface area contributed by atoms with Crippen LogP contribution in [0, 0.1) is 0 Å². The normalized spacial score (nSPS) is 14.8. The van der Waals surface area contributed by atoms with Crippen molar-refractivity contribution < 1.29 is 14.7 Å². The van der Waals surface area contributed by atoms with E-state index in [4.69, 9.17) is 5.11 Å². The predicted octanol–water partition coefficient (Wildman–Crippen LogP) is 1.55. The number of anilines is 1. The maximum absolute atomic E-state index is 11.6. The van der Waals surface area contributed by atoms with Crippen LogP contribution in [0.3, 0.4) is 0 Å². The monoisotopic (exact) mass is 219 g/mol. The van der Waals surface area contributed by atoms with Gasteiger partial charge in [-0.05, 0) is 12.1 Å². The summed E-state index contributed by atoms with van der Waals surface area (Å²) in [6.45, 7) is 1.07. The first kappa shape index (κ1) is 10.7. The van der Waals surface area contributed by atoms with Gasteiger partial charge >= 0.3 is 5.97 Å². The number of hydrogen-bond acceptors (Lipinski definition) is 3. The largest absolute Gasteiger partial charge is 0.481 e. The molecular formula is C12H13NO3. The molecule has 1 heterocycles. The van der Waals surface area contributed by atoms with Gasteiger partial charge in [-0.15, -0.1) is 0 Å². The summed E-state index contributed by atoms with van der Waals surface area (Å²) in [6, 6.07) is 7.36. The molecule has 2 rings (SSSR count). The van der Waals surface area contributed by atoms with E-state index < -0.39 is 5.97 Å². The SMILES string of the molecule is O=C(O)CCN1CCC(=O)c2ccccc21. The summed E-state index contributed by atoms with van der Waals surface area (Å²) in [4.78, 5) is 24.1. The van der Waals surface area contributed by atoms with Crippen LogP contribution in [0.2, 0.25) is 0 Å². The molecule has 16 heavy (non-hydrogen) atoms. The van der Waals surface area contributed by atoms with E-state index in [2.05, 4.69) is 0 Å². The Labute approximate surface area is 93.5 Å². The number of carboxylic acid groups (broad SMARTS) is 1. The smallest absolute Gasteiger partial charge is 0.305 e. The van der Waals surface area contributed by atoms with E-state index >= 15 is 0 Å². The van der Waals surface area contributed by atoms with Crippen LogP contribution in [-0.2, 0) is 4.79 Å². The van der Waals surface area contributed by atoms with Gasteiger partial charge in [-0.1, -0.05) is 12.1 Å². The summed E-state index contributed by atoms with van der Waals surface area (Å²) >= 11 is 0. The van der Waals surface area contributed by atoms with Gasteiger partial charge in [-0.3, -0.25) is 9.59 Å². The molecule has 1 aliphatic rings. The summed E-state index contributed by atoms with van der Waals surface area (Å²) in [5.74, 6) is -0.670. The zero-order valence-electron chi connectivity index (χ0n) is 8.85. The predicted molar refractivity (Wildman–Crippen MR) is 59.9 cm³/mol. The Morgan fingerprint density at radius 3 is 2.88 bits per heavy atom. The summed E-state index contributed by atoms with van der Waals surface area (Å²) in [6.07, 6.45) is 0.569. The van der Waals surface area contributed by atoms with Crippen molar-refractivity contribution in [1.82, 2.24) is 0 Å². The zero-order valence-corrected chi connectivity index (χ0v) is 8.85. The molecule has 0 spiro atoms. The van der Waals surface area contributed by atoms with Gasteiger partial charge in [0.25, 0.3) is 0 Å². The van der Waals surface area contributed by atoms with Gasteiger partial charge in [0.05, 0.1) is 6.42 Å². The molecule has 0 fully saturated rings. The minimum absolute atomic E-state index is 0.0997. The fourth-order valence-corrected chi connectivity index (χ4v) is 1.94. The Bertz CT molecular complexity index is 428. The van der Waals surface area contributed by atoms with Crippen molar-refractivity contribution in [3.05, 3.63) is 29.8 Å². The van der Waals surface area contributed by atoms with E-state index in [1.54, 1.807) is 6.07 Å². The van der Waals surface area contributed by atoms with Gasteiger partial charge in [-0.25, -0.2) is 0 Å². The highest BCUT2D eigenvalue weighted by atomic mass is 16.4. The number of hydrogen-bond donors (Lipinski definition) is 1. The molecule has 0 aliphatic carbocycles. The molecule has 1 aromatic carbocycles.